The van der Waals surface area contributed by atoms with Crippen LogP contribution in [0.4, 0.5) is 11.4 Å². The van der Waals surface area contributed by atoms with Crippen LogP contribution < -0.4 is 39.0 Å². The second-order valence-electron chi connectivity index (χ2n) is 14.8. The Balaban J connectivity index is 0.000000264. The summed E-state index contributed by atoms with van der Waals surface area (Å²) >= 11 is 0. The number of imidazole rings is 4. The second kappa shape index (κ2) is 20.7. The molecule has 8 aromatic heterocycles. The Hall–Kier alpha value is -6.04. The fraction of sp³-hybridized carbons (Fsp3) is 0.318. The van der Waals surface area contributed by atoms with Gasteiger partial charge in [-0.3, -0.25) is 9.98 Å². The van der Waals surface area contributed by atoms with Gasteiger partial charge in [0.25, 0.3) is 0 Å². The number of hydrogen-bond donors (Lipinski definition) is 0. The van der Waals surface area contributed by atoms with E-state index in [-0.39, 0.29) is 51.2 Å². The van der Waals surface area contributed by atoms with Gasteiger partial charge in [0.2, 0.25) is 11.8 Å². The van der Waals surface area contributed by atoms with Crippen molar-refractivity contribution < 1.29 is 40.5 Å². The largest absolute Gasteiger partial charge is 1.00 e. The van der Waals surface area contributed by atoms with E-state index in [1.54, 1.807) is 37.5 Å². The molecule has 0 spiro atoms. The first kappa shape index (κ1) is 47.0. The van der Waals surface area contributed by atoms with Crippen molar-refractivity contribution in [2.24, 2.45) is 24.1 Å². The van der Waals surface area contributed by atoms with Crippen LogP contribution in [-0.4, -0.2) is 92.3 Å². The molecule has 313 valence electrons. The van der Waals surface area contributed by atoms with Gasteiger partial charge in [-0.25, -0.2) is 38.9 Å². The topological polar surface area (TPSA) is 165 Å². The first-order valence-corrected chi connectivity index (χ1v) is 20.0. The third-order valence-electron chi connectivity index (χ3n) is 9.41. The molecule has 0 fully saturated rings. The van der Waals surface area contributed by atoms with Gasteiger partial charge in [0.05, 0.1) is 95.0 Å². The fourth-order valence-corrected chi connectivity index (χ4v) is 6.69. The van der Waals surface area contributed by atoms with Gasteiger partial charge in [-0.1, -0.05) is 27.7 Å². The second-order valence-corrected chi connectivity index (χ2v) is 14.8. The molecule has 0 saturated heterocycles. The normalized spacial score (nSPS) is 11.4. The van der Waals surface area contributed by atoms with E-state index in [1.807, 2.05) is 109 Å². The molecule has 0 aliphatic carbocycles. The van der Waals surface area contributed by atoms with E-state index in [0.717, 1.165) is 79.3 Å². The van der Waals surface area contributed by atoms with Crippen LogP contribution in [-0.2, 0) is 14.1 Å². The minimum atomic E-state index is 0. The molecule has 62 heavy (non-hydrogen) atoms. The minimum Gasteiger partial charge on any atom is -1.00 e. The van der Waals surface area contributed by atoms with Gasteiger partial charge in [0, 0.05) is 47.3 Å². The van der Waals surface area contributed by atoms with E-state index < -0.39 is 0 Å². The van der Waals surface area contributed by atoms with Crippen molar-refractivity contribution in [3.05, 3.63) is 108 Å². The number of hydrogen-bond acceptors (Lipinski definition) is 12. The molecule has 16 nitrogen and oxygen atoms in total. The van der Waals surface area contributed by atoms with Crippen LogP contribution in [0.3, 0.4) is 0 Å². The Bertz CT molecular complexity index is 2650. The van der Waals surface area contributed by atoms with Gasteiger partial charge in [-0.2, -0.15) is 10.2 Å². The summed E-state index contributed by atoms with van der Waals surface area (Å²) in [7, 11) is 3.86. The molecule has 0 saturated carbocycles. The van der Waals surface area contributed by atoms with Crippen LogP contribution in [0.2, 0.25) is 0 Å². The van der Waals surface area contributed by atoms with E-state index in [2.05, 4.69) is 47.6 Å². The van der Waals surface area contributed by atoms with Crippen LogP contribution in [0, 0.1) is 13.8 Å². The van der Waals surface area contributed by atoms with Crippen molar-refractivity contribution >= 4 is 43.3 Å². The molecule has 0 unspecified atom stereocenters. The van der Waals surface area contributed by atoms with E-state index in [9.17, 15) is 0 Å². The molecule has 8 aromatic rings. The van der Waals surface area contributed by atoms with Crippen molar-refractivity contribution in [2.75, 3.05) is 13.2 Å². The van der Waals surface area contributed by atoms with Gasteiger partial charge in [0.1, 0.15) is 22.7 Å². The molecule has 0 aromatic carbocycles. The predicted octanol–water partition coefficient (Wildman–Crippen LogP) is 4.95. The third kappa shape index (κ3) is 10.2. The molecule has 0 amide bonds. The maximum Gasteiger partial charge on any atom is 1.00 e. The van der Waals surface area contributed by atoms with Crippen molar-refractivity contribution in [3.8, 4) is 34.3 Å². The smallest absolute Gasteiger partial charge is 1.00 e. The number of aromatic nitrogens is 12. The standard InChI is InChI=1S/2C22H25N7O.B.Na.H/c2*1-6-30-22-17(8-7-9-23-22)18-10-19(24-11-16-12-28(5)13-25-16)21-20(14(2)3)26-15(4)29(21)27-18;;;/h2*7-14H,6H2,1-5H3;;;/q;;;+1;-1. The molecule has 18 heteroatoms. The van der Waals surface area contributed by atoms with Crippen molar-refractivity contribution in [1.29, 1.82) is 0 Å². The summed E-state index contributed by atoms with van der Waals surface area (Å²) in [6.07, 6.45) is 14.3. The molecular formula is C44H51BN14NaO2. The van der Waals surface area contributed by atoms with Gasteiger partial charge in [-0.05, 0) is 75.9 Å². The van der Waals surface area contributed by atoms with Gasteiger partial charge in [-0.15, -0.1) is 0 Å². The Morgan fingerprint density at radius 3 is 1.40 bits per heavy atom. The minimum absolute atomic E-state index is 0. The molecular weight excluding hydrogens is 790 g/mol. The summed E-state index contributed by atoms with van der Waals surface area (Å²) in [4.78, 5) is 36.5. The Labute approximate surface area is 387 Å². The summed E-state index contributed by atoms with van der Waals surface area (Å²) in [5.41, 5.74) is 9.95. The van der Waals surface area contributed by atoms with Crippen LogP contribution in [0.1, 0.15) is 89.2 Å². The van der Waals surface area contributed by atoms with E-state index in [0.29, 0.717) is 25.0 Å². The summed E-state index contributed by atoms with van der Waals surface area (Å²) in [5, 5.41) is 9.70. The van der Waals surface area contributed by atoms with Crippen LogP contribution >= 0.6 is 0 Å². The number of rotatable bonds is 12. The SMILES string of the molecule is CCOc1ncccc1-c1cc(N=Cc2cn(C)cn2)c2c(C(C)C)nc(C)n2n1.CCOc1ncccc1-c1cc(N=Cc2cn(C)cn2)c2c(C(C)C)nc(C)n2n1.[B].[H-].[Na+]. The molecule has 0 aliphatic rings. The van der Waals surface area contributed by atoms with Crippen LogP contribution in [0.15, 0.2) is 83.8 Å². The molecule has 8 rings (SSSR count). The quantitative estimate of drug-likeness (QED) is 0.122. The summed E-state index contributed by atoms with van der Waals surface area (Å²) in [6, 6.07) is 11.6. The van der Waals surface area contributed by atoms with E-state index in [1.165, 1.54) is 0 Å². The predicted molar refractivity (Wildman–Crippen MR) is 240 cm³/mol. The number of aliphatic imine (C=N–C) groups is 2. The number of fused-ring (bicyclic) bond motifs is 2. The molecule has 3 radical (unpaired) electrons. The number of ether oxygens (including phenoxy) is 2. The first-order chi connectivity index (χ1) is 28.9. The monoisotopic (exact) mass is 841 g/mol. The maximum absolute atomic E-state index is 5.72. The third-order valence-corrected chi connectivity index (χ3v) is 9.41. The summed E-state index contributed by atoms with van der Waals surface area (Å²) in [5.74, 6) is 3.20. The van der Waals surface area contributed by atoms with Crippen molar-refractivity contribution in [3.63, 3.8) is 0 Å². The molecule has 0 N–H and O–H groups in total. The first-order valence-electron chi connectivity index (χ1n) is 20.0. The zero-order valence-corrected chi connectivity index (χ0v) is 39.3. The number of aryl methyl sites for hydroxylation is 4. The molecule has 0 aliphatic heterocycles. The Kier molecular flexibility index (Phi) is 15.7. The van der Waals surface area contributed by atoms with Gasteiger partial charge in [0.15, 0.2) is 0 Å². The Morgan fingerprint density at radius 1 is 0.661 bits per heavy atom. The maximum atomic E-state index is 5.72. The zero-order valence-electron chi connectivity index (χ0n) is 38.3. The average Bonchev–Trinajstić information content (AvgIpc) is 4.02. The number of nitrogens with zero attached hydrogens (tertiary/aromatic N) is 14. The van der Waals surface area contributed by atoms with E-state index >= 15 is 0 Å². The molecule has 8 heterocycles. The summed E-state index contributed by atoms with van der Waals surface area (Å²) in [6.45, 7) is 17.3. The van der Waals surface area contributed by atoms with Crippen molar-refractivity contribution in [1.82, 2.24) is 58.3 Å². The summed E-state index contributed by atoms with van der Waals surface area (Å²) < 4.78 is 18.9. The molecule has 0 bridgehead atoms. The van der Waals surface area contributed by atoms with Crippen LogP contribution in [0.5, 0.6) is 11.8 Å². The van der Waals surface area contributed by atoms with Crippen molar-refractivity contribution in [2.45, 2.75) is 67.2 Å². The van der Waals surface area contributed by atoms with Gasteiger partial charge >= 0.3 is 29.6 Å². The van der Waals surface area contributed by atoms with Gasteiger partial charge < -0.3 is 20.0 Å². The van der Waals surface area contributed by atoms with E-state index in [4.69, 9.17) is 39.6 Å². The Morgan fingerprint density at radius 2 is 1.06 bits per heavy atom. The molecule has 0 atom stereocenters. The fourth-order valence-electron chi connectivity index (χ4n) is 6.69. The van der Waals surface area contributed by atoms with Crippen LogP contribution in [0.25, 0.3) is 33.5 Å². The zero-order chi connectivity index (χ0) is 42.5. The number of pyridine rings is 2. The average molecular weight is 842 g/mol.